The van der Waals surface area contributed by atoms with Gasteiger partial charge in [-0.25, -0.2) is 9.98 Å². The monoisotopic (exact) mass is 494 g/mol. The second-order valence-corrected chi connectivity index (χ2v) is 9.23. The lowest BCUT2D eigenvalue weighted by Crippen LogP contribution is -2.45. The molecule has 1 heterocycles. The molecular formula is C19H35IN4OS. The van der Waals surface area contributed by atoms with Crippen LogP contribution in [0.25, 0.3) is 0 Å². The number of rotatable bonds is 6. The van der Waals surface area contributed by atoms with Gasteiger partial charge in [0.1, 0.15) is 12.3 Å². The smallest absolute Gasteiger partial charge is 0.216 e. The molecule has 150 valence electrons. The summed E-state index contributed by atoms with van der Waals surface area (Å²) in [6.45, 7) is 12.0. The van der Waals surface area contributed by atoms with Crippen molar-refractivity contribution in [3.63, 3.8) is 0 Å². The third-order valence-corrected chi connectivity index (χ3v) is 5.61. The molecule has 1 aliphatic rings. The van der Waals surface area contributed by atoms with E-state index in [0.29, 0.717) is 18.5 Å². The molecule has 1 saturated carbocycles. The summed E-state index contributed by atoms with van der Waals surface area (Å²) < 4.78 is 5.84. The van der Waals surface area contributed by atoms with Gasteiger partial charge in [-0.2, -0.15) is 11.8 Å². The lowest BCUT2D eigenvalue weighted by atomic mass is 9.94. The summed E-state index contributed by atoms with van der Waals surface area (Å²) in [6, 6.07) is 0.505. The predicted octanol–water partition coefficient (Wildman–Crippen LogP) is 4.71. The van der Waals surface area contributed by atoms with Crippen molar-refractivity contribution in [2.45, 2.75) is 83.6 Å². The van der Waals surface area contributed by atoms with Gasteiger partial charge in [0.05, 0.1) is 6.20 Å². The molecule has 26 heavy (non-hydrogen) atoms. The predicted molar refractivity (Wildman–Crippen MR) is 123 cm³/mol. The van der Waals surface area contributed by atoms with Gasteiger partial charge in [0.2, 0.25) is 5.89 Å². The highest BCUT2D eigenvalue weighted by molar-refractivity contribution is 14.0. The third kappa shape index (κ3) is 7.66. The number of aliphatic imine (C=N–C) groups is 1. The van der Waals surface area contributed by atoms with Crippen molar-refractivity contribution >= 4 is 41.7 Å². The molecule has 1 aromatic rings. The van der Waals surface area contributed by atoms with Crippen LogP contribution in [0.2, 0.25) is 0 Å². The Kier molecular flexibility index (Phi) is 10.4. The van der Waals surface area contributed by atoms with Crippen LogP contribution in [-0.4, -0.2) is 34.5 Å². The minimum Gasteiger partial charge on any atom is -0.443 e. The van der Waals surface area contributed by atoms with Crippen molar-refractivity contribution in [1.29, 1.82) is 0 Å². The van der Waals surface area contributed by atoms with Crippen LogP contribution in [0.5, 0.6) is 0 Å². The van der Waals surface area contributed by atoms with Gasteiger partial charge in [0.25, 0.3) is 0 Å². The van der Waals surface area contributed by atoms with E-state index in [4.69, 9.17) is 4.42 Å². The van der Waals surface area contributed by atoms with Crippen LogP contribution in [-0.2, 0) is 12.0 Å². The first-order valence-corrected chi connectivity index (χ1v) is 10.6. The molecule has 2 N–H and O–H groups in total. The molecule has 2 rings (SSSR count). The summed E-state index contributed by atoms with van der Waals surface area (Å²) in [5, 5.41) is 7.73. The summed E-state index contributed by atoms with van der Waals surface area (Å²) in [5.74, 6) is 3.64. The Hall–Kier alpha value is -0.440. The van der Waals surface area contributed by atoms with Gasteiger partial charge in [-0.15, -0.1) is 24.0 Å². The van der Waals surface area contributed by atoms with Crippen LogP contribution < -0.4 is 10.6 Å². The van der Waals surface area contributed by atoms with Crippen LogP contribution in [0.3, 0.4) is 0 Å². The maximum Gasteiger partial charge on any atom is 0.216 e. The van der Waals surface area contributed by atoms with E-state index in [1.165, 1.54) is 31.4 Å². The first kappa shape index (κ1) is 23.6. The Labute approximate surface area is 180 Å². The van der Waals surface area contributed by atoms with Crippen molar-refractivity contribution in [1.82, 2.24) is 15.6 Å². The van der Waals surface area contributed by atoms with E-state index in [9.17, 15) is 0 Å². The molecule has 1 fully saturated rings. The Morgan fingerprint density at radius 1 is 1.35 bits per heavy atom. The van der Waals surface area contributed by atoms with Crippen LogP contribution in [0.4, 0.5) is 0 Å². The quantitative estimate of drug-likeness (QED) is 0.341. The van der Waals surface area contributed by atoms with Gasteiger partial charge in [-0.05, 0) is 31.9 Å². The number of thioether (sulfide) groups is 1. The average molecular weight is 494 g/mol. The van der Waals surface area contributed by atoms with Crippen molar-refractivity contribution in [2.75, 3.05) is 12.3 Å². The molecular weight excluding hydrogens is 459 g/mol. The van der Waals surface area contributed by atoms with E-state index in [2.05, 4.69) is 67.0 Å². The van der Waals surface area contributed by atoms with Crippen molar-refractivity contribution in [3.8, 4) is 0 Å². The molecule has 5 nitrogen and oxygen atoms in total. The average Bonchev–Trinajstić information content (AvgIpc) is 3.03. The van der Waals surface area contributed by atoms with E-state index in [1.54, 1.807) is 0 Å². The fraction of sp³-hybridized carbons (Fsp3) is 0.789. The lowest BCUT2D eigenvalue weighted by molar-refractivity contribution is 0.382. The maximum atomic E-state index is 5.84. The fourth-order valence-corrected chi connectivity index (χ4v) is 4.23. The highest BCUT2D eigenvalue weighted by atomic mass is 127. The number of aromatic nitrogens is 1. The van der Waals surface area contributed by atoms with Gasteiger partial charge in [-0.1, -0.05) is 34.1 Å². The Morgan fingerprint density at radius 3 is 2.73 bits per heavy atom. The zero-order chi connectivity index (χ0) is 18.3. The fourth-order valence-electron chi connectivity index (χ4n) is 3.05. The summed E-state index contributed by atoms with van der Waals surface area (Å²) in [6.07, 6.45) is 6.90. The topological polar surface area (TPSA) is 62.5 Å². The molecule has 0 amide bonds. The molecule has 0 saturated heterocycles. The minimum atomic E-state index is -0.0221. The molecule has 7 heteroatoms. The Bertz CT molecular complexity index is 554. The second kappa shape index (κ2) is 11.4. The highest BCUT2D eigenvalue weighted by Gasteiger charge is 2.23. The van der Waals surface area contributed by atoms with Gasteiger partial charge in [-0.3, -0.25) is 0 Å². The maximum absolute atomic E-state index is 5.84. The van der Waals surface area contributed by atoms with Crippen LogP contribution in [0.1, 0.15) is 72.0 Å². The van der Waals surface area contributed by atoms with Crippen LogP contribution in [0.15, 0.2) is 15.6 Å². The first-order chi connectivity index (χ1) is 11.9. The van der Waals surface area contributed by atoms with Crippen molar-refractivity contribution in [3.05, 3.63) is 17.8 Å². The van der Waals surface area contributed by atoms with Crippen LogP contribution >= 0.6 is 35.7 Å². The number of nitrogens with one attached hydrogen (secondary N) is 2. The van der Waals surface area contributed by atoms with Gasteiger partial charge in [0.15, 0.2) is 5.96 Å². The van der Waals surface area contributed by atoms with E-state index in [0.717, 1.165) is 23.5 Å². The molecule has 2 unspecified atom stereocenters. The van der Waals surface area contributed by atoms with E-state index in [1.807, 2.05) is 6.20 Å². The van der Waals surface area contributed by atoms with Crippen molar-refractivity contribution in [2.24, 2.45) is 4.99 Å². The third-order valence-electron chi connectivity index (χ3n) is 4.38. The molecule has 0 aliphatic heterocycles. The standard InChI is InChI=1S/C19H34N4OS.HI/c1-6-20-18(23-14-9-8-10-15(11-14)25-7-2)22-13-17-21-12-16(24-17)19(3,4)5;/h12,14-15H,6-11,13H2,1-5H3,(H2,20,22,23);1H. The van der Waals surface area contributed by atoms with Crippen molar-refractivity contribution < 1.29 is 4.42 Å². The highest BCUT2D eigenvalue weighted by Crippen LogP contribution is 2.28. The largest absolute Gasteiger partial charge is 0.443 e. The Balaban J connectivity index is 0.00000338. The van der Waals surface area contributed by atoms with Gasteiger partial charge >= 0.3 is 0 Å². The summed E-state index contributed by atoms with van der Waals surface area (Å²) in [4.78, 5) is 9.04. The molecule has 0 spiro atoms. The number of guanidine groups is 1. The molecule has 0 bridgehead atoms. The minimum absolute atomic E-state index is 0. The summed E-state index contributed by atoms with van der Waals surface area (Å²) in [5.41, 5.74) is -0.0221. The van der Waals surface area contributed by atoms with E-state index >= 15 is 0 Å². The molecule has 0 radical (unpaired) electrons. The van der Waals surface area contributed by atoms with E-state index in [-0.39, 0.29) is 29.4 Å². The molecule has 0 aromatic carbocycles. The molecule has 2 atom stereocenters. The normalized spacial score (nSPS) is 21.2. The lowest BCUT2D eigenvalue weighted by Gasteiger charge is -2.30. The van der Waals surface area contributed by atoms with E-state index < -0.39 is 0 Å². The zero-order valence-electron chi connectivity index (χ0n) is 16.8. The second-order valence-electron chi connectivity index (χ2n) is 7.65. The number of nitrogens with zero attached hydrogens (tertiary/aromatic N) is 2. The number of oxazole rings is 1. The number of hydrogen-bond acceptors (Lipinski definition) is 4. The van der Waals surface area contributed by atoms with Gasteiger partial charge < -0.3 is 15.1 Å². The van der Waals surface area contributed by atoms with Gasteiger partial charge in [0, 0.05) is 23.3 Å². The van der Waals surface area contributed by atoms with Crippen LogP contribution in [0, 0.1) is 0 Å². The Morgan fingerprint density at radius 2 is 2.12 bits per heavy atom. The first-order valence-electron chi connectivity index (χ1n) is 9.54. The SMILES string of the molecule is CCNC(=NCc1ncc(C(C)(C)C)o1)NC1CCCC(SCC)C1.I. The molecule has 1 aliphatic carbocycles. The summed E-state index contributed by atoms with van der Waals surface area (Å²) >= 11 is 2.09. The number of hydrogen-bond donors (Lipinski definition) is 2. The zero-order valence-corrected chi connectivity index (χ0v) is 19.9. The summed E-state index contributed by atoms with van der Waals surface area (Å²) in [7, 11) is 0. The number of halogens is 1. The molecule has 1 aromatic heterocycles.